The van der Waals surface area contributed by atoms with Crippen molar-refractivity contribution < 1.29 is 31.3 Å². The number of benzene rings is 1. The van der Waals surface area contributed by atoms with E-state index in [9.17, 15) is 19.8 Å². The fourth-order valence-corrected chi connectivity index (χ4v) is 1.36. The maximum atomic E-state index is 9.64. The van der Waals surface area contributed by atoms with Crippen LogP contribution < -0.4 is 21.7 Å². The lowest BCUT2D eigenvalue weighted by Gasteiger charge is -1.94. The predicted octanol–water partition coefficient (Wildman–Crippen LogP) is -1.09. The number of hydrogen-bond acceptors (Lipinski definition) is 4. The number of carboxylic acids is 2. The Balaban J connectivity index is 0. The van der Waals surface area contributed by atoms with Crippen LogP contribution in [0.25, 0.3) is 0 Å². The molecule has 0 fully saturated rings. The molecule has 1 aromatic carbocycles. The van der Waals surface area contributed by atoms with Gasteiger partial charge >= 0.3 is 0 Å². The summed E-state index contributed by atoms with van der Waals surface area (Å²) in [4.78, 5) is 19.3. The standard InChI is InChI=1S/C8H12N2.2C6H8O2/c9-5-7-1-2-8(6-10)4-3-7;2*1-2-3-4-5-6(7)8/h1-4H,5-6,9-10H2;2*2-5H,1H3,(H,7,8)/b;2*3-2+,5-4+. The lowest BCUT2D eigenvalue weighted by atomic mass is 10.1. The molecule has 0 aromatic heterocycles. The molecule has 6 N–H and O–H groups in total. The van der Waals surface area contributed by atoms with E-state index in [0.29, 0.717) is 0 Å². The maximum absolute atomic E-state index is 9.64. The Morgan fingerprint density at radius 1 is 0.769 bits per heavy atom. The van der Waals surface area contributed by atoms with Crippen molar-refractivity contribution in [2.75, 3.05) is 0 Å². The van der Waals surface area contributed by atoms with Crippen LogP contribution in [0.2, 0.25) is 0 Å². The van der Waals surface area contributed by atoms with Crippen LogP contribution in [0.5, 0.6) is 0 Å². The molecule has 0 unspecified atom stereocenters. The third kappa shape index (κ3) is 19.1. The number of carbonyl (C=O) groups is 2. The zero-order valence-corrected chi connectivity index (χ0v) is 15.4. The van der Waals surface area contributed by atoms with Gasteiger partial charge < -0.3 is 31.3 Å². The second kappa shape index (κ2) is 18.4. The first-order valence-corrected chi connectivity index (χ1v) is 8.08. The molecular formula is C20H28N2O4. The lowest BCUT2D eigenvalue weighted by molar-refractivity contribution is -0.387. The summed E-state index contributed by atoms with van der Waals surface area (Å²) in [7, 11) is 0. The molecule has 0 aliphatic carbocycles. The lowest BCUT2D eigenvalue weighted by Crippen LogP contribution is -2.48. The number of quaternary nitrogens is 2. The molecular weight excluding hydrogens is 332 g/mol. The maximum Gasteiger partial charge on any atom is 0.0997 e. The summed E-state index contributed by atoms with van der Waals surface area (Å²) in [5.74, 6) is -2.33. The minimum Gasteiger partial charge on any atom is -0.545 e. The van der Waals surface area contributed by atoms with E-state index in [0.717, 1.165) is 25.2 Å². The van der Waals surface area contributed by atoms with Gasteiger partial charge in [0, 0.05) is 11.1 Å². The molecule has 0 amide bonds. The smallest absolute Gasteiger partial charge is 0.0997 e. The normalized spacial score (nSPS) is 10.6. The molecule has 0 radical (unpaired) electrons. The van der Waals surface area contributed by atoms with Crippen molar-refractivity contribution in [3.63, 3.8) is 0 Å². The van der Waals surface area contributed by atoms with Crippen molar-refractivity contribution in [2.24, 2.45) is 0 Å². The minimum absolute atomic E-state index is 0.872. The average Bonchev–Trinajstić information content (AvgIpc) is 2.63. The minimum atomic E-state index is -1.16. The Bertz CT molecular complexity index is 560. The van der Waals surface area contributed by atoms with Gasteiger partial charge in [-0.05, 0) is 26.0 Å². The van der Waals surface area contributed by atoms with Gasteiger partial charge in [0.25, 0.3) is 0 Å². The summed E-state index contributed by atoms with van der Waals surface area (Å²) in [6.45, 7) is 5.36. The Labute approximate surface area is 154 Å². The van der Waals surface area contributed by atoms with Crippen molar-refractivity contribution >= 4 is 11.9 Å². The van der Waals surface area contributed by atoms with Gasteiger partial charge in [-0.15, -0.1) is 0 Å². The highest BCUT2D eigenvalue weighted by atomic mass is 16.4. The van der Waals surface area contributed by atoms with Crippen molar-refractivity contribution in [1.82, 2.24) is 0 Å². The fourth-order valence-electron chi connectivity index (χ4n) is 1.36. The van der Waals surface area contributed by atoms with Gasteiger partial charge in [0.1, 0.15) is 0 Å². The number of rotatable bonds is 6. The van der Waals surface area contributed by atoms with Gasteiger partial charge in [-0.25, -0.2) is 0 Å². The first kappa shape index (κ1) is 25.3. The number of hydrogen-bond donors (Lipinski definition) is 2. The molecule has 142 valence electrons. The van der Waals surface area contributed by atoms with Crippen molar-refractivity contribution in [1.29, 1.82) is 0 Å². The van der Waals surface area contributed by atoms with Gasteiger partial charge in [-0.3, -0.25) is 0 Å². The summed E-state index contributed by atoms with van der Waals surface area (Å²) < 4.78 is 0. The third-order valence-corrected chi connectivity index (χ3v) is 2.67. The molecule has 6 nitrogen and oxygen atoms in total. The fraction of sp³-hybridized carbons (Fsp3) is 0.200. The summed E-state index contributed by atoms with van der Waals surface area (Å²) in [6.07, 6.45) is 11.5. The van der Waals surface area contributed by atoms with E-state index in [1.165, 1.54) is 23.3 Å². The topological polar surface area (TPSA) is 136 Å². The molecule has 0 heterocycles. The van der Waals surface area contributed by atoms with E-state index in [4.69, 9.17) is 0 Å². The van der Waals surface area contributed by atoms with Crippen molar-refractivity contribution in [3.8, 4) is 0 Å². The second-order valence-electron chi connectivity index (χ2n) is 4.72. The number of allylic oxidation sites excluding steroid dienone is 6. The summed E-state index contributed by atoms with van der Waals surface area (Å²) in [5.41, 5.74) is 10.2. The Kier molecular flexibility index (Phi) is 17.9. The van der Waals surface area contributed by atoms with Gasteiger partial charge in [-0.1, -0.05) is 60.7 Å². The average molecular weight is 360 g/mol. The first-order chi connectivity index (χ1) is 12.4. The zero-order chi connectivity index (χ0) is 20.2. The first-order valence-electron chi connectivity index (χ1n) is 8.08. The van der Waals surface area contributed by atoms with E-state index in [-0.39, 0.29) is 0 Å². The molecule has 26 heavy (non-hydrogen) atoms. The summed E-state index contributed by atoms with van der Waals surface area (Å²) >= 11 is 0. The quantitative estimate of drug-likeness (QED) is 0.492. The number of aliphatic carboxylic acids is 2. The second-order valence-corrected chi connectivity index (χ2v) is 4.72. The molecule has 1 aromatic rings. The van der Waals surface area contributed by atoms with Crippen LogP contribution in [0.1, 0.15) is 25.0 Å². The molecule has 6 heteroatoms. The van der Waals surface area contributed by atoms with Crippen LogP contribution in [-0.2, 0) is 22.7 Å². The third-order valence-electron chi connectivity index (χ3n) is 2.67. The molecule has 1 rings (SSSR count). The van der Waals surface area contributed by atoms with Crippen LogP contribution in [0.4, 0.5) is 0 Å². The van der Waals surface area contributed by atoms with Crippen LogP contribution in [0, 0.1) is 0 Å². The number of carbonyl (C=O) groups excluding carboxylic acids is 2. The molecule has 0 atom stereocenters. The Morgan fingerprint density at radius 3 is 1.27 bits per heavy atom. The molecule has 0 aliphatic heterocycles. The number of carboxylic acid groups (broad SMARTS) is 2. The monoisotopic (exact) mass is 360 g/mol. The van der Waals surface area contributed by atoms with Gasteiger partial charge in [0.05, 0.1) is 25.0 Å². The molecule has 0 aliphatic rings. The SMILES string of the molecule is C/C=C/C=C/C(=O)[O-].C/C=C/C=C/C(=O)[O-].[NH3+]Cc1ccc(C[NH3+])cc1. The molecule has 0 spiro atoms. The van der Waals surface area contributed by atoms with Crippen LogP contribution >= 0.6 is 0 Å². The van der Waals surface area contributed by atoms with Crippen molar-refractivity contribution in [2.45, 2.75) is 26.9 Å². The largest absolute Gasteiger partial charge is 0.545 e. The zero-order valence-electron chi connectivity index (χ0n) is 15.4. The highest BCUT2D eigenvalue weighted by molar-refractivity contribution is 5.78. The highest BCUT2D eigenvalue weighted by Gasteiger charge is 1.91. The predicted molar refractivity (Wildman–Crippen MR) is 97.5 cm³/mol. The van der Waals surface area contributed by atoms with Crippen LogP contribution in [-0.4, -0.2) is 11.9 Å². The molecule has 0 bridgehead atoms. The summed E-state index contributed by atoms with van der Waals surface area (Å²) in [6, 6.07) is 8.42. The van der Waals surface area contributed by atoms with Crippen molar-refractivity contribution in [3.05, 3.63) is 84.0 Å². The molecule has 0 saturated heterocycles. The van der Waals surface area contributed by atoms with Gasteiger partial charge in [0.15, 0.2) is 0 Å². The van der Waals surface area contributed by atoms with Crippen LogP contribution in [0.3, 0.4) is 0 Å². The van der Waals surface area contributed by atoms with E-state index < -0.39 is 11.9 Å². The van der Waals surface area contributed by atoms with E-state index in [1.807, 2.05) is 0 Å². The van der Waals surface area contributed by atoms with E-state index in [2.05, 4.69) is 35.7 Å². The van der Waals surface area contributed by atoms with Gasteiger partial charge in [0.2, 0.25) is 0 Å². The van der Waals surface area contributed by atoms with E-state index in [1.54, 1.807) is 38.2 Å². The molecule has 0 saturated carbocycles. The van der Waals surface area contributed by atoms with Crippen LogP contribution in [0.15, 0.2) is 72.9 Å². The van der Waals surface area contributed by atoms with E-state index >= 15 is 0 Å². The Morgan fingerprint density at radius 2 is 1.08 bits per heavy atom. The highest BCUT2D eigenvalue weighted by Crippen LogP contribution is 2.00. The van der Waals surface area contributed by atoms with Gasteiger partial charge in [-0.2, -0.15) is 0 Å². The Hall–Kier alpha value is -2.96. The summed E-state index contributed by atoms with van der Waals surface area (Å²) in [5, 5.41) is 19.3.